The zero-order valence-corrected chi connectivity index (χ0v) is 8.90. The van der Waals surface area contributed by atoms with E-state index < -0.39 is 0 Å². The van der Waals surface area contributed by atoms with Crippen LogP contribution in [0.2, 0.25) is 0 Å². The Morgan fingerprint density at radius 2 is 2.13 bits per heavy atom. The highest BCUT2D eigenvalue weighted by atomic mass is 16.3. The van der Waals surface area contributed by atoms with Crippen molar-refractivity contribution in [2.24, 2.45) is 5.73 Å². The number of hydrogen-bond donors (Lipinski definition) is 3. The zero-order chi connectivity index (χ0) is 11.1. The molecule has 3 nitrogen and oxygen atoms in total. The van der Waals surface area contributed by atoms with Crippen LogP contribution in [0.5, 0.6) is 5.75 Å². The molecule has 4 N–H and O–H groups in total. The number of phenols is 1. The predicted octanol–water partition coefficient (Wildman–Crippen LogP) is 1.05. The molecule has 82 valence electrons. The number of hydrogen-bond acceptors (Lipinski definition) is 3. The van der Waals surface area contributed by atoms with Crippen molar-refractivity contribution >= 4 is 0 Å². The Labute approximate surface area is 89.5 Å². The average Bonchev–Trinajstić information content (AvgIpc) is 2.13. The van der Waals surface area contributed by atoms with Gasteiger partial charge in [-0.15, -0.1) is 0 Å². The van der Waals surface area contributed by atoms with Gasteiger partial charge in [-0.2, -0.15) is 0 Å². The molecule has 0 spiro atoms. The number of benzene rings is 1. The van der Waals surface area contributed by atoms with Crippen molar-refractivity contribution < 1.29 is 10.2 Å². The molecule has 0 amide bonds. The molecule has 0 aromatic heterocycles. The SMILES string of the molecule is Cc1ccc(C2(CN)CC(O)C2)c(O)c1. The molecule has 0 unspecified atom stereocenters. The highest BCUT2D eigenvalue weighted by Gasteiger charge is 2.45. The minimum Gasteiger partial charge on any atom is -0.508 e. The van der Waals surface area contributed by atoms with Crippen LogP contribution >= 0.6 is 0 Å². The number of aliphatic hydroxyl groups excluding tert-OH is 1. The van der Waals surface area contributed by atoms with Gasteiger partial charge in [0.15, 0.2) is 0 Å². The Morgan fingerprint density at radius 1 is 1.47 bits per heavy atom. The number of rotatable bonds is 2. The second-order valence-corrected chi connectivity index (χ2v) is 4.57. The number of aliphatic hydroxyl groups is 1. The topological polar surface area (TPSA) is 66.5 Å². The average molecular weight is 207 g/mol. The maximum Gasteiger partial charge on any atom is 0.119 e. The maximum atomic E-state index is 9.87. The Morgan fingerprint density at radius 3 is 2.60 bits per heavy atom. The van der Waals surface area contributed by atoms with Gasteiger partial charge in [0.1, 0.15) is 5.75 Å². The lowest BCUT2D eigenvalue weighted by Crippen LogP contribution is -2.49. The monoisotopic (exact) mass is 207 g/mol. The highest BCUT2D eigenvalue weighted by molar-refractivity contribution is 5.43. The quantitative estimate of drug-likeness (QED) is 0.679. The van der Waals surface area contributed by atoms with E-state index in [1.165, 1.54) is 0 Å². The van der Waals surface area contributed by atoms with E-state index in [0.717, 1.165) is 11.1 Å². The fraction of sp³-hybridized carbons (Fsp3) is 0.500. The Hall–Kier alpha value is -1.06. The lowest BCUT2D eigenvalue weighted by atomic mass is 9.62. The van der Waals surface area contributed by atoms with Crippen molar-refractivity contribution in [3.05, 3.63) is 29.3 Å². The fourth-order valence-electron chi connectivity index (χ4n) is 2.43. The van der Waals surface area contributed by atoms with Crippen LogP contribution in [0.15, 0.2) is 18.2 Å². The summed E-state index contributed by atoms with van der Waals surface area (Å²) in [5, 5.41) is 19.3. The lowest BCUT2D eigenvalue weighted by Gasteiger charge is -2.45. The molecule has 0 bridgehead atoms. The van der Waals surface area contributed by atoms with Gasteiger partial charge < -0.3 is 15.9 Å². The van der Waals surface area contributed by atoms with E-state index in [-0.39, 0.29) is 11.5 Å². The normalized spacial score (nSPS) is 29.9. The molecule has 0 radical (unpaired) electrons. The van der Waals surface area contributed by atoms with Crippen LogP contribution in [0, 0.1) is 6.92 Å². The third kappa shape index (κ3) is 1.62. The van der Waals surface area contributed by atoms with Crippen LogP contribution in [-0.4, -0.2) is 22.9 Å². The van der Waals surface area contributed by atoms with E-state index in [4.69, 9.17) is 5.73 Å². The lowest BCUT2D eigenvalue weighted by molar-refractivity contribution is 0.0211. The van der Waals surface area contributed by atoms with Gasteiger partial charge >= 0.3 is 0 Å². The van der Waals surface area contributed by atoms with Crippen LogP contribution in [0.3, 0.4) is 0 Å². The summed E-state index contributed by atoms with van der Waals surface area (Å²) in [6, 6.07) is 5.64. The molecular formula is C12H17NO2. The van der Waals surface area contributed by atoms with Gasteiger partial charge in [-0.05, 0) is 31.4 Å². The van der Waals surface area contributed by atoms with Gasteiger partial charge in [-0.1, -0.05) is 12.1 Å². The van der Waals surface area contributed by atoms with Crippen molar-refractivity contribution in [2.75, 3.05) is 6.54 Å². The third-order valence-corrected chi connectivity index (χ3v) is 3.37. The van der Waals surface area contributed by atoms with E-state index in [2.05, 4.69) is 0 Å². The first-order chi connectivity index (χ1) is 7.07. The molecule has 1 fully saturated rings. The molecule has 0 heterocycles. The standard InChI is InChI=1S/C12H17NO2/c1-8-2-3-10(11(15)4-8)12(7-13)5-9(14)6-12/h2-4,9,14-15H,5-7,13H2,1H3. The molecule has 1 aliphatic rings. The van der Waals surface area contributed by atoms with Crippen LogP contribution in [-0.2, 0) is 5.41 Å². The summed E-state index contributed by atoms with van der Waals surface area (Å²) in [5.74, 6) is 0.298. The van der Waals surface area contributed by atoms with Crippen molar-refractivity contribution in [3.63, 3.8) is 0 Å². The van der Waals surface area contributed by atoms with Gasteiger partial charge in [-0.3, -0.25) is 0 Å². The minimum absolute atomic E-state index is 0.211. The van der Waals surface area contributed by atoms with Crippen molar-refractivity contribution in [3.8, 4) is 5.75 Å². The fourth-order valence-corrected chi connectivity index (χ4v) is 2.43. The van der Waals surface area contributed by atoms with E-state index >= 15 is 0 Å². The highest BCUT2D eigenvalue weighted by Crippen LogP contribution is 2.46. The molecule has 1 aliphatic carbocycles. The number of phenolic OH excluding ortho intramolecular Hbond substituents is 1. The van der Waals surface area contributed by atoms with Gasteiger partial charge in [0, 0.05) is 17.5 Å². The number of aromatic hydroxyl groups is 1. The number of aryl methyl sites for hydroxylation is 1. The van der Waals surface area contributed by atoms with Gasteiger partial charge in [0.05, 0.1) is 6.10 Å². The number of nitrogens with two attached hydrogens (primary N) is 1. The maximum absolute atomic E-state index is 9.87. The second kappa shape index (κ2) is 3.51. The summed E-state index contributed by atoms with van der Waals surface area (Å²) < 4.78 is 0. The first-order valence-electron chi connectivity index (χ1n) is 5.26. The van der Waals surface area contributed by atoms with Crippen molar-refractivity contribution in [1.29, 1.82) is 0 Å². The Balaban J connectivity index is 2.36. The summed E-state index contributed by atoms with van der Waals surface area (Å²) in [6.07, 6.45) is 1.04. The Bertz CT molecular complexity index is 370. The molecule has 3 heteroatoms. The van der Waals surface area contributed by atoms with Crippen molar-refractivity contribution in [2.45, 2.75) is 31.3 Å². The summed E-state index contributed by atoms with van der Waals surface area (Å²) in [7, 11) is 0. The van der Waals surface area contributed by atoms with Gasteiger partial charge in [-0.25, -0.2) is 0 Å². The van der Waals surface area contributed by atoms with Gasteiger partial charge in [0.25, 0.3) is 0 Å². The summed E-state index contributed by atoms with van der Waals surface area (Å²) in [4.78, 5) is 0. The smallest absolute Gasteiger partial charge is 0.119 e. The molecular weight excluding hydrogens is 190 g/mol. The second-order valence-electron chi connectivity index (χ2n) is 4.57. The minimum atomic E-state index is -0.269. The van der Waals surface area contributed by atoms with E-state index in [9.17, 15) is 10.2 Å². The molecule has 1 aromatic rings. The van der Waals surface area contributed by atoms with E-state index in [1.54, 1.807) is 6.07 Å². The van der Waals surface area contributed by atoms with E-state index in [0.29, 0.717) is 25.1 Å². The van der Waals surface area contributed by atoms with E-state index in [1.807, 2.05) is 19.1 Å². The third-order valence-electron chi connectivity index (χ3n) is 3.37. The Kier molecular flexibility index (Phi) is 2.44. The largest absolute Gasteiger partial charge is 0.508 e. The molecule has 0 atom stereocenters. The first-order valence-corrected chi connectivity index (χ1v) is 5.26. The predicted molar refractivity (Wildman–Crippen MR) is 58.8 cm³/mol. The molecule has 2 rings (SSSR count). The summed E-state index contributed by atoms with van der Waals surface area (Å²) in [5.41, 5.74) is 7.44. The molecule has 0 saturated heterocycles. The molecule has 15 heavy (non-hydrogen) atoms. The van der Waals surface area contributed by atoms with Crippen LogP contribution in [0.25, 0.3) is 0 Å². The van der Waals surface area contributed by atoms with Gasteiger partial charge in [0.2, 0.25) is 0 Å². The zero-order valence-electron chi connectivity index (χ0n) is 8.90. The molecule has 1 aromatic carbocycles. The summed E-state index contributed by atoms with van der Waals surface area (Å²) in [6.45, 7) is 2.41. The van der Waals surface area contributed by atoms with Crippen LogP contribution in [0.4, 0.5) is 0 Å². The molecule has 1 saturated carbocycles. The first kappa shape index (κ1) is 10.5. The van der Waals surface area contributed by atoms with Crippen LogP contribution in [0.1, 0.15) is 24.0 Å². The summed E-state index contributed by atoms with van der Waals surface area (Å²) >= 11 is 0. The van der Waals surface area contributed by atoms with Crippen molar-refractivity contribution in [1.82, 2.24) is 0 Å². The van der Waals surface area contributed by atoms with Crippen LogP contribution < -0.4 is 5.73 Å². The molecule has 0 aliphatic heterocycles.